The van der Waals surface area contributed by atoms with Gasteiger partial charge in [0, 0.05) is 80.1 Å². The molecule has 4 heterocycles. The van der Waals surface area contributed by atoms with Crippen molar-refractivity contribution in [2.45, 2.75) is 57.7 Å². The van der Waals surface area contributed by atoms with Crippen LogP contribution in [0.2, 0.25) is 0 Å². The number of likely N-dealkylation sites (N-methyl/N-ethyl adjacent to an activating group) is 1. The van der Waals surface area contributed by atoms with Gasteiger partial charge in [0.25, 0.3) is 0 Å². The number of hydrogen-bond donors (Lipinski definition) is 1. The number of pyridine rings is 1. The predicted octanol–water partition coefficient (Wildman–Crippen LogP) is 2.26. The average Bonchev–Trinajstić information content (AvgIpc) is 3.15. The molecule has 2 fully saturated rings. The lowest BCUT2D eigenvalue weighted by Crippen LogP contribution is -2.63. The molecule has 0 saturated carbocycles. The van der Waals surface area contributed by atoms with Crippen molar-refractivity contribution in [3.63, 3.8) is 0 Å². The standard InChI is InChI=1S/C30H41FN6O2/c1-20-14-35(25(12-32-20)16-36-15-21(2)34(5)17-28(36)38)18-29(39)37-19-30(3,4)26-13-33-24(11-27(26)37)10-22-6-8-23(31)9-7-22/h6-9,11,13,20-21,25,32H,10,12,14-19H2,1-5H3/t20-,21+,25-/m1/s1. The highest BCUT2D eigenvalue weighted by Crippen LogP contribution is 2.40. The fourth-order valence-corrected chi connectivity index (χ4v) is 6.05. The summed E-state index contributed by atoms with van der Waals surface area (Å²) in [5.41, 5.74) is 3.61. The molecule has 0 bridgehead atoms. The van der Waals surface area contributed by atoms with E-state index in [2.05, 4.69) is 47.8 Å². The van der Waals surface area contributed by atoms with Gasteiger partial charge in [-0.15, -0.1) is 0 Å². The van der Waals surface area contributed by atoms with Crippen LogP contribution in [0.3, 0.4) is 0 Å². The molecule has 1 aromatic carbocycles. The molecule has 210 valence electrons. The molecule has 2 aromatic rings. The highest BCUT2D eigenvalue weighted by Gasteiger charge is 2.40. The van der Waals surface area contributed by atoms with Crippen molar-refractivity contribution in [1.29, 1.82) is 0 Å². The maximum atomic E-state index is 13.9. The van der Waals surface area contributed by atoms with E-state index in [1.807, 2.05) is 29.1 Å². The van der Waals surface area contributed by atoms with Gasteiger partial charge in [0.2, 0.25) is 11.8 Å². The molecule has 0 unspecified atom stereocenters. The quantitative estimate of drug-likeness (QED) is 0.611. The van der Waals surface area contributed by atoms with E-state index in [9.17, 15) is 14.0 Å². The van der Waals surface area contributed by atoms with Crippen molar-refractivity contribution < 1.29 is 14.0 Å². The summed E-state index contributed by atoms with van der Waals surface area (Å²) in [6, 6.07) is 9.15. The number of anilines is 1. The number of halogens is 1. The van der Waals surface area contributed by atoms with Gasteiger partial charge in [0.1, 0.15) is 5.82 Å². The summed E-state index contributed by atoms with van der Waals surface area (Å²) in [5, 5.41) is 3.55. The minimum absolute atomic E-state index is 0.0675. The highest BCUT2D eigenvalue weighted by atomic mass is 19.1. The largest absolute Gasteiger partial charge is 0.338 e. The fraction of sp³-hybridized carbons (Fsp3) is 0.567. The molecule has 9 heteroatoms. The van der Waals surface area contributed by atoms with Crippen molar-refractivity contribution in [2.24, 2.45) is 0 Å². The van der Waals surface area contributed by atoms with Crippen LogP contribution in [0.15, 0.2) is 36.5 Å². The third-order valence-corrected chi connectivity index (χ3v) is 8.58. The van der Waals surface area contributed by atoms with Crippen LogP contribution in [0.25, 0.3) is 0 Å². The summed E-state index contributed by atoms with van der Waals surface area (Å²) in [6.07, 6.45) is 2.47. The number of rotatable bonds is 6. The minimum atomic E-state index is -0.258. The first-order chi connectivity index (χ1) is 18.5. The topological polar surface area (TPSA) is 72.0 Å². The van der Waals surface area contributed by atoms with Gasteiger partial charge in [0.05, 0.1) is 18.8 Å². The Hall–Kier alpha value is -2.88. The van der Waals surface area contributed by atoms with Crippen molar-refractivity contribution in [2.75, 3.05) is 57.8 Å². The number of benzene rings is 1. The first-order valence-electron chi connectivity index (χ1n) is 14.0. The third kappa shape index (κ3) is 6.00. The van der Waals surface area contributed by atoms with Crippen LogP contribution in [0.1, 0.15) is 44.5 Å². The Balaban J connectivity index is 1.32. The molecule has 3 aliphatic heterocycles. The predicted molar refractivity (Wildman–Crippen MR) is 150 cm³/mol. The molecular weight excluding hydrogens is 495 g/mol. The number of carbonyl (C=O) groups excluding carboxylic acids is 2. The van der Waals surface area contributed by atoms with Crippen molar-refractivity contribution in [3.05, 3.63) is 59.2 Å². The van der Waals surface area contributed by atoms with Gasteiger partial charge in [-0.1, -0.05) is 26.0 Å². The Kier molecular flexibility index (Phi) is 7.77. The molecule has 0 aliphatic carbocycles. The van der Waals surface area contributed by atoms with Crippen LogP contribution < -0.4 is 10.2 Å². The first-order valence-corrected chi connectivity index (χ1v) is 14.0. The lowest BCUT2D eigenvalue weighted by molar-refractivity contribution is -0.138. The molecule has 1 N–H and O–H groups in total. The van der Waals surface area contributed by atoms with E-state index in [0.717, 1.165) is 35.6 Å². The van der Waals surface area contributed by atoms with E-state index in [0.29, 0.717) is 45.2 Å². The molecule has 2 amide bonds. The molecule has 0 radical (unpaired) electrons. The molecule has 0 spiro atoms. The van der Waals surface area contributed by atoms with Gasteiger partial charge in [-0.3, -0.25) is 24.4 Å². The summed E-state index contributed by atoms with van der Waals surface area (Å²) in [6.45, 7) is 12.8. The number of nitrogens with one attached hydrogen (secondary N) is 1. The van der Waals surface area contributed by atoms with E-state index in [-0.39, 0.29) is 35.1 Å². The smallest absolute Gasteiger partial charge is 0.241 e. The van der Waals surface area contributed by atoms with Crippen LogP contribution in [0.5, 0.6) is 0 Å². The molecule has 5 rings (SSSR count). The molecule has 3 atom stereocenters. The second-order valence-corrected chi connectivity index (χ2v) is 12.3. The second-order valence-electron chi connectivity index (χ2n) is 12.3. The number of nitrogens with zero attached hydrogens (tertiary/aromatic N) is 5. The molecule has 2 saturated heterocycles. The van der Waals surface area contributed by atoms with Crippen LogP contribution in [0, 0.1) is 5.82 Å². The Morgan fingerprint density at radius 2 is 1.92 bits per heavy atom. The number of piperazine rings is 2. The fourth-order valence-electron chi connectivity index (χ4n) is 6.05. The Morgan fingerprint density at radius 1 is 1.18 bits per heavy atom. The molecular formula is C30H41FN6O2. The first kappa shape index (κ1) is 27.7. The summed E-state index contributed by atoms with van der Waals surface area (Å²) in [7, 11) is 1.99. The molecule has 39 heavy (non-hydrogen) atoms. The number of hydrogen-bond acceptors (Lipinski definition) is 6. The molecule has 3 aliphatic rings. The van der Waals surface area contributed by atoms with Gasteiger partial charge in [-0.25, -0.2) is 4.39 Å². The van der Waals surface area contributed by atoms with E-state index in [1.54, 1.807) is 12.1 Å². The van der Waals surface area contributed by atoms with E-state index >= 15 is 0 Å². The van der Waals surface area contributed by atoms with Gasteiger partial charge < -0.3 is 15.1 Å². The Bertz CT molecular complexity index is 1220. The van der Waals surface area contributed by atoms with Gasteiger partial charge in [-0.2, -0.15) is 0 Å². The van der Waals surface area contributed by atoms with Crippen molar-refractivity contribution in [3.8, 4) is 0 Å². The summed E-state index contributed by atoms with van der Waals surface area (Å²) < 4.78 is 13.4. The van der Waals surface area contributed by atoms with Crippen molar-refractivity contribution >= 4 is 17.5 Å². The van der Waals surface area contributed by atoms with E-state index < -0.39 is 0 Å². The monoisotopic (exact) mass is 536 g/mol. The maximum Gasteiger partial charge on any atom is 0.241 e. The zero-order valence-corrected chi connectivity index (χ0v) is 23.8. The van der Waals surface area contributed by atoms with Crippen LogP contribution in [-0.2, 0) is 21.4 Å². The number of fused-ring (bicyclic) bond motifs is 1. The molecule has 1 aromatic heterocycles. The SMILES string of the molecule is C[C@@H]1CN(CC(=O)N2CC(C)(C)c3cnc(Cc4ccc(F)cc4)cc32)[C@@H](CN2C[C@H](C)N(C)CC2=O)CN1. The van der Waals surface area contributed by atoms with Crippen LogP contribution in [0.4, 0.5) is 10.1 Å². The van der Waals surface area contributed by atoms with Gasteiger partial charge in [0.15, 0.2) is 0 Å². The molecule has 8 nitrogen and oxygen atoms in total. The summed E-state index contributed by atoms with van der Waals surface area (Å²) >= 11 is 0. The highest BCUT2D eigenvalue weighted by molar-refractivity contribution is 5.97. The number of amides is 2. The number of aromatic nitrogens is 1. The average molecular weight is 537 g/mol. The summed E-state index contributed by atoms with van der Waals surface area (Å²) in [5.74, 6) is -0.0407. The Labute approximate surface area is 231 Å². The Morgan fingerprint density at radius 3 is 2.67 bits per heavy atom. The van der Waals surface area contributed by atoms with Gasteiger partial charge >= 0.3 is 0 Å². The minimum Gasteiger partial charge on any atom is -0.338 e. The zero-order chi connectivity index (χ0) is 27.9. The lowest BCUT2D eigenvalue weighted by atomic mass is 9.88. The lowest BCUT2D eigenvalue weighted by Gasteiger charge is -2.44. The van der Waals surface area contributed by atoms with Gasteiger partial charge in [-0.05, 0) is 44.7 Å². The van der Waals surface area contributed by atoms with E-state index in [4.69, 9.17) is 0 Å². The second kappa shape index (κ2) is 10.9. The van der Waals surface area contributed by atoms with E-state index in [1.165, 1.54) is 12.1 Å². The summed E-state index contributed by atoms with van der Waals surface area (Å²) in [4.78, 5) is 39.6. The van der Waals surface area contributed by atoms with Crippen LogP contribution >= 0.6 is 0 Å². The third-order valence-electron chi connectivity index (χ3n) is 8.58. The van der Waals surface area contributed by atoms with Crippen molar-refractivity contribution in [1.82, 2.24) is 25.0 Å². The number of carbonyl (C=O) groups is 2. The van der Waals surface area contributed by atoms with Crippen LogP contribution in [-0.4, -0.2) is 102 Å². The maximum absolute atomic E-state index is 13.9. The normalized spacial score (nSPS) is 25.7. The zero-order valence-electron chi connectivity index (χ0n) is 23.8.